The van der Waals surface area contributed by atoms with Crippen molar-refractivity contribution in [3.05, 3.63) is 40.3 Å². The summed E-state index contributed by atoms with van der Waals surface area (Å²) in [5, 5.41) is 3.62. The van der Waals surface area contributed by atoms with Crippen LogP contribution in [0, 0.1) is 0 Å². The Morgan fingerprint density at radius 2 is 2.22 bits per heavy atom. The van der Waals surface area contributed by atoms with Gasteiger partial charge in [0.25, 0.3) is 11.5 Å². The molecule has 1 aliphatic heterocycles. The lowest BCUT2D eigenvalue weighted by Crippen LogP contribution is -3.14. The van der Waals surface area contributed by atoms with Gasteiger partial charge >= 0.3 is 0 Å². The van der Waals surface area contributed by atoms with E-state index in [1.165, 1.54) is 9.47 Å². The number of aryl methyl sites for hydroxylation is 1. The lowest BCUT2D eigenvalue weighted by atomic mass is 10.2. The fourth-order valence-electron chi connectivity index (χ4n) is 2.82. The molecule has 0 aliphatic carbocycles. The smallest absolute Gasteiger partial charge is 0.264 e. The Labute approximate surface area is 133 Å². The van der Waals surface area contributed by atoms with Gasteiger partial charge in [0.05, 0.1) is 26.3 Å². The van der Waals surface area contributed by atoms with Crippen LogP contribution >= 0.6 is 0 Å². The molecule has 0 aromatic carbocycles. The molecule has 23 heavy (non-hydrogen) atoms. The molecule has 7 heteroatoms. The SMILES string of the molecule is Cn1c(=O)c(C(=O)NCC[NH+]2CCOCC2)cc2cccnc21. The van der Waals surface area contributed by atoms with Crippen molar-refractivity contribution in [3.63, 3.8) is 0 Å². The first-order chi connectivity index (χ1) is 11.2. The molecule has 122 valence electrons. The van der Waals surface area contributed by atoms with E-state index >= 15 is 0 Å². The van der Waals surface area contributed by atoms with Crippen LogP contribution in [0.5, 0.6) is 0 Å². The van der Waals surface area contributed by atoms with Gasteiger partial charge in [-0.2, -0.15) is 0 Å². The van der Waals surface area contributed by atoms with Gasteiger partial charge in [0.15, 0.2) is 0 Å². The zero-order valence-electron chi connectivity index (χ0n) is 13.2. The molecule has 0 saturated carbocycles. The van der Waals surface area contributed by atoms with Crippen LogP contribution in [0.1, 0.15) is 10.4 Å². The zero-order valence-corrected chi connectivity index (χ0v) is 13.2. The molecule has 7 nitrogen and oxygen atoms in total. The molecule has 3 heterocycles. The fourth-order valence-corrected chi connectivity index (χ4v) is 2.82. The van der Waals surface area contributed by atoms with Crippen molar-refractivity contribution in [2.45, 2.75) is 0 Å². The molecule has 3 rings (SSSR count). The monoisotopic (exact) mass is 317 g/mol. The highest BCUT2D eigenvalue weighted by molar-refractivity contribution is 5.96. The van der Waals surface area contributed by atoms with Crippen LogP contribution in [0.3, 0.4) is 0 Å². The largest absolute Gasteiger partial charge is 0.370 e. The normalized spacial score (nSPS) is 15.7. The maximum atomic E-state index is 12.3. The summed E-state index contributed by atoms with van der Waals surface area (Å²) in [5.41, 5.74) is 0.407. The molecule has 2 aromatic heterocycles. The highest BCUT2D eigenvalue weighted by atomic mass is 16.5. The number of quaternary nitrogens is 1. The summed E-state index contributed by atoms with van der Waals surface area (Å²) < 4.78 is 6.72. The summed E-state index contributed by atoms with van der Waals surface area (Å²) in [6, 6.07) is 5.24. The van der Waals surface area contributed by atoms with Gasteiger partial charge in [0.2, 0.25) is 0 Å². The number of aromatic nitrogens is 2. The maximum Gasteiger partial charge on any atom is 0.264 e. The number of rotatable bonds is 4. The number of nitrogens with one attached hydrogen (secondary N) is 2. The molecule has 0 atom stereocenters. The summed E-state index contributed by atoms with van der Waals surface area (Å²) in [7, 11) is 1.63. The predicted octanol–water partition coefficient (Wildman–Crippen LogP) is -1.42. The highest BCUT2D eigenvalue weighted by Gasteiger charge is 2.16. The van der Waals surface area contributed by atoms with Crippen molar-refractivity contribution < 1.29 is 14.4 Å². The van der Waals surface area contributed by atoms with Gasteiger partial charge in [-0.1, -0.05) is 0 Å². The fraction of sp³-hybridized carbons (Fsp3) is 0.438. The van der Waals surface area contributed by atoms with Crippen LogP contribution in [0.2, 0.25) is 0 Å². The van der Waals surface area contributed by atoms with E-state index in [4.69, 9.17) is 4.74 Å². The van der Waals surface area contributed by atoms with Crippen LogP contribution < -0.4 is 15.8 Å². The van der Waals surface area contributed by atoms with Gasteiger partial charge in [-0.25, -0.2) is 4.98 Å². The second kappa shape index (κ2) is 6.89. The quantitative estimate of drug-likeness (QED) is 0.725. The number of pyridine rings is 2. The average Bonchev–Trinajstić information content (AvgIpc) is 2.59. The van der Waals surface area contributed by atoms with Gasteiger partial charge in [0, 0.05) is 18.6 Å². The molecule has 0 unspecified atom stereocenters. The van der Waals surface area contributed by atoms with Crippen molar-refractivity contribution in [1.82, 2.24) is 14.9 Å². The van der Waals surface area contributed by atoms with E-state index < -0.39 is 0 Å². The molecule has 0 radical (unpaired) electrons. The number of carbonyl (C=O) groups excluding carboxylic acids is 1. The molecule has 0 bridgehead atoms. The molecule has 1 amide bonds. The molecule has 1 saturated heterocycles. The Morgan fingerprint density at radius 3 is 3.00 bits per heavy atom. The minimum atomic E-state index is -0.330. The van der Waals surface area contributed by atoms with Crippen LogP contribution in [0.15, 0.2) is 29.2 Å². The Balaban J connectivity index is 1.70. The maximum absolute atomic E-state index is 12.3. The summed E-state index contributed by atoms with van der Waals surface area (Å²) in [4.78, 5) is 30.2. The first-order valence-electron chi connectivity index (χ1n) is 7.81. The van der Waals surface area contributed by atoms with E-state index in [1.807, 2.05) is 6.07 Å². The van der Waals surface area contributed by atoms with Crippen molar-refractivity contribution >= 4 is 16.9 Å². The number of carbonyl (C=O) groups is 1. The summed E-state index contributed by atoms with van der Waals surface area (Å²) in [6.07, 6.45) is 1.63. The van der Waals surface area contributed by atoms with E-state index in [-0.39, 0.29) is 17.0 Å². The molecule has 1 aliphatic rings. The van der Waals surface area contributed by atoms with Gasteiger partial charge in [-0.05, 0) is 18.2 Å². The average molecular weight is 317 g/mol. The van der Waals surface area contributed by atoms with Crippen molar-refractivity contribution in [2.24, 2.45) is 7.05 Å². The van der Waals surface area contributed by atoms with Crippen LogP contribution in [0.4, 0.5) is 0 Å². The number of hydrogen-bond acceptors (Lipinski definition) is 4. The van der Waals surface area contributed by atoms with Crippen LogP contribution in [0.25, 0.3) is 11.0 Å². The summed E-state index contributed by atoms with van der Waals surface area (Å²) >= 11 is 0. The van der Waals surface area contributed by atoms with Crippen LogP contribution in [-0.4, -0.2) is 54.9 Å². The number of amides is 1. The Hall–Kier alpha value is -2.25. The van der Waals surface area contributed by atoms with E-state index in [9.17, 15) is 9.59 Å². The van der Waals surface area contributed by atoms with Crippen molar-refractivity contribution in [1.29, 1.82) is 0 Å². The van der Waals surface area contributed by atoms with Gasteiger partial charge in [-0.3, -0.25) is 14.2 Å². The third kappa shape index (κ3) is 3.40. The Morgan fingerprint density at radius 1 is 1.43 bits per heavy atom. The Bertz CT molecular complexity index is 765. The number of hydrogen-bond donors (Lipinski definition) is 2. The first kappa shape index (κ1) is 15.6. The van der Waals surface area contributed by atoms with E-state index in [0.29, 0.717) is 12.2 Å². The molecule has 2 aromatic rings. The molecule has 1 fully saturated rings. The second-order valence-corrected chi connectivity index (χ2v) is 5.71. The lowest BCUT2D eigenvalue weighted by Gasteiger charge is -2.23. The molecular weight excluding hydrogens is 296 g/mol. The van der Waals surface area contributed by atoms with E-state index in [2.05, 4.69) is 10.3 Å². The summed E-state index contributed by atoms with van der Waals surface area (Å²) in [6.45, 7) is 4.83. The number of nitrogens with zero attached hydrogens (tertiary/aromatic N) is 2. The zero-order chi connectivity index (χ0) is 16.2. The van der Waals surface area contributed by atoms with Gasteiger partial charge in [-0.15, -0.1) is 0 Å². The Kier molecular flexibility index (Phi) is 4.68. The number of fused-ring (bicyclic) bond motifs is 1. The molecular formula is C16H21N4O3+. The minimum Gasteiger partial charge on any atom is -0.370 e. The van der Waals surface area contributed by atoms with Gasteiger partial charge < -0.3 is 15.0 Å². The third-order valence-electron chi connectivity index (χ3n) is 4.18. The number of morpholine rings is 1. The molecule has 0 spiro atoms. The van der Waals surface area contributed by atoms with E-state index in [1.54, 1.807) is 25.4 Å². The van der Waals surface area contributed by atoms with Crippen molar-refractivity contribution in [3.8, 4) is 0 Å². The first-order valence-corrected chi connectivity index (χ1v) is 7.81. The van der Waals surface area contributed by atoms with Crippen LogP contribution in [-0.2, 0) is 11.8 Å². The van der Waals surface area contributed by atoms with E-state index in [0.717, 1.165) is 38.2 Å². The standard InChI is InChI=1S/C16H20N4O3/c1-19-14-12(3-2-4-17-14)11-13(16(19)22)15(21)18-5-6-20-7-9-23-10-8-20/h2-4,11H,5-10H2,1H3,(H,18,21)/p+1. The number of ether oxygens (including phenoxy) is 1. The lowest BCUT2D eigenvalue weighted by molar-refractivity contribution is -0.906. The van der Waals surface area contributed by atoms with Gasteiger partial charge in [0.1, 0.15) is 24.3 Å². The third-order valence-corrected chi connectivity index (χ3v) is 4.18. The predicted molar refractivity (Wildman–Crippen MR) is 85.7 cm³/mol. The minimum absolute atomic E-state index is 0.157. The van der Waals surface area contributed by atoms with Crippen molar-refractivity contribution in [2.75, 3.05) is 39.4 Å². The topological polar surface area (TPSA) is 77.7 Å². The second-order valence-electron chi connectivity index (χ2n) is 5.71. The highest BCUT2D eigenvalue weighted by Crippen LogP contribution is 2.09. The summed E-state index contributed by atoms with van der Waals surface area (Å²) in [5.74, 6) is -0.330. The molecule has 2 N–H and O–H groups in total.